The first-order valence-electron chi connectivity index (χ1n) is 7.09. The number of halogens is 3. The van der Waals surface area contributed by atoms with Crippen LogP contribution < -0.4 is 4.90 Å². The van der Waals surface area contributed by atoms with Gasteiger partial charge in [-0.2, -0.15) is 0 Å². The van der Waals surface area contributed by atoms with Gasteiger partial charge < -0.3 is 4.90 Å². The maximum Gasteiger partial charge on any atom is 0.261 e. The lowest BCUT2D eigenvalue weighted by Crippen LogP contribution is -3.09. The maximum absolute atomic E-state index is 11.6. The highest BCUT2D eigenvalue weighted by Gasteiger charge is 2.30. The number of fused-ring (bicyclic) bond motifs is 1. The lowest BCUT2D eigenvalue weighted by molar-refractivity contribution is -0.897. The Balaban J connectivity index is 2.15. The minimum absolute atomic E-state index is 0.0216. The van der Waals surface area contributed by atoms with E-state index < -0.39 is 9.05 Å². The Morgan fingerprint density at radius 2 is 1.91 bits per heavy atom. The molecule has 2 aromatic carbocycles. The van der Waals surface area contributed by atoms with Crippen LogP contribution in [0.1, 0.15) is 22.6 Å². The van der Waals surface area contributed by atoms with Crippen molar-refractivity contribution >= 4 is 42.9 Å². The zero-order chi connectivity index (χ0) is 16.8. The summed E-state index contributed by atoms with van der Waals surface area (Å²) in [6.07, 6.45) is 0. The van der Waals surface area contributed by atoms with Crippen molar-refractivity contribution in [3.63, 3.8) is 0 Å². The maximum atomic E-state index is 11.6. The van der Waals surface area contributed by atoms with Gasteiger partial charge in [0.1, 0.15) is 6.54 Å². The molecule has 0 bridgehead atoms. The second-order valence-electron chi connectivity index (χ2n) is 5.86. The standard InChI is InChI=1S/C16H14Cl3NO2S/c1-20-8-14(10-3-2-4-12(5-10)23(19,21)22)13-6-11(17)7-16(18)15(13)9-20/h2-7,14H,8-9H2,1H3/p+1/t14-/m0/s1. The van der Waals surface area contributed by atoms with Crippen LogP contribution in [0.4, 0.5) is 0 Å². The Hall–Kier alpha value is -0.780. The van der Waals surface area contributed by atoms with Gasteiger partial charge in [-0.1, -0.05) is 35.3 Å². The average molecular weight is 392 g/mol. The van der Waals surface area contributed by atoms with Gasteiger partial charge in [0.25, 0.3) is 9.05 Å². The largest absolute Gasteiger partial charge is 0.333 e. The highest BCUT2D eigenvalue weighted by atomic mass is 35.7. The van der Waals surface area contributed by atoms with Gasteiger partial charge in [-0.3, -0.25) is 0 Å². The molecule has 1 unspecified atom stereocenters. The van der Waals surface area contributed by atoms with Crippen LogP contribution in [-0.2, 0) is 15.6 Å². The van der Waals surface area contributed by atoms with E-state index in [-0.39, 0.29) is 10.8 Å². The highest BCUT2D eigenvalue weighted by Crippen LogP contribution is 2.35. The molecule has 23 heavy (non-hydrogen) atoms. The topological polar surface area (TPSA) is 38.6 Å². The van der Waals surface area contributed by atoms with Crippen molar-refractivity contribution in [2.45, 2.75) is 17.4 Å². The third kappa shape index (κ3) is 3.52. The number of rotatable bonds is 2. The van der Waals surface area contributed by atoms with Crippen molar-refractivity contribution in [2.24, 2.45) is 0 Å². The van der Waals surface area contributed by atoms with E-state index in [9.17, 15) is 8.42 Å². The molecule has 1 heterocycles. The van der Waals surface area contributed by atoms with Crippen LogP contribution >= 0.6 is 33.9 Å². The zero-order valence-corrected chi connectivity index (χ0v) is 15.4. The summed E-state index contributed by atoms with van der Waals surface area (Å²) in [7, 11) is 3.80. The second kappa shape index (κ2) is 6.26. The Kier molecular flexibility index (Phi) is 4.64. The fraction of sp³-hybridized carbons (Fsp3) is 0.250. The molecule has 2 atom stereocenters. The van der Waals surface area contributed by atoms with E-state index in [0.29, 0.717) is 10.0 Å². The molecule has 3 rings (SSSR count). The van der Waals surface area contributed by atoms with Crippen molar-refractivity contribution in [2.75, 3.05) is 13.6 Å². The van der Waals surface area contributed by atoms with E-state index in [1.807, 2.05) is 12.1 Å². The summed E-state index contributed by atoms with van der Waals surface area (Å²) in [4.78, 5) is 1.40. The molecule has 1 N–H and O–H groups in total. The first-order chi connectivity index (χ1) is 10.8. The SMILES string of the molecule is C[NH+]1Cc2c(Cl)cc(Cl)cc2[C@H](c2cccc(S(=O)(=O)Cl)c2)C1. The van der Waals surface area contributed by atoms with Crippen molar-refractivity contribution in [3.05, 3.63) is 63.1 Å². The predicted octanol–water partition coefficient (Wildman–Crippen LogP) is 3.08. The molecule has 1 aliphatic heterocycles. The Labute approximate surface area is 150 Å². The van der Waals surface area contributed by atoms with Gasteiger partial charge in [0.2, 0.25) is 0 Å². The number of benzene rings is 2. The molecule has 0 aliphatic carbocycles. The summed E-state index contributed by atoms with van der Waals surface area (Å²) < 4.78 is 23.2. The van der Waals surface area contributed by atoms with E-state index in [4.69, 9.17) is 33.9 Å². The minimum Gasteiger partial charge on any atom is -0.333 e. The molecule has 0 aromatic heterocycles. The molecule has 0 spiro atoms. The summed E-state index contributed by atoms with van der Waals surface area (Å²) in [5, 5.41) is 1.23. The summed E-state index contributed by atoms with van der Waals surface area (Å²) in [6, 6.07) is 10.4. The molecule has 7 heteroatoms. The smallest absolute Gasteiger partial charge is 0.261 e. The lowest BCUT2D eigenvalue weighted by atomic mass is 9.85. The van der Waals surface area contributed by atoms with Gasteiger partial charge in [0.15, 0.2) is 0 Å². The molecule has 0 saturated carbocycles. The first kappa shape index (κ1) is 17.1. The average Bonchev–Trinajstić information content (AvgIpc) is 2.47. The number of quaternary nitrogens is 1. The van der Waals surface area contributed by atoms with Gasteiger partial charge in [-0.25, -0.2) is 8.42 Å². The van der Waals surface area contributed by atoms with Crippen LogP contribution in [0.2, 0.25) is 10.0 Å². The molecule has 122 valence electrons. The zero-order valence-electron chi connectivity index (χ0n) is 12.3. The molecule has 0 radical (unpaired) electrons. The molecular weight excluding hydrogens is 377 g/mol. The fourth-order valence-electron chi connectivity index (χ4n) is 3.13. The van der Waals surface area contributed by atoms with Gasteiger partial charge in [-0.05, 0) is 35.4 Å². The van der Waals surface area contributed by atoms with E-state index in [2.05, 4.69) is 7.05 Å². The number of hydrogen-bond acceptors (Lipinski definition) is 2. The van der Waals surface area contributed by atoms with Crippen LogP contribution in [0.25, 0.3) is 0 Å². The molecule has 0 fully saturated rings. The number of likely N-dealkylation sites (N-methyl/N-ethyl adjacent to an activating group) is 1. The molecule has 1 aliphatic rings. The number of nitrogens with one attached hydrogen (secondary N) is 1. The summed E-state index contributed by atoms with van der Waals surface area (Å²) >= 11 is 12.5. The first-order valence-corrected chi connectivity index (χ1v) is 10.2. The lowest BCUT2D eigenvalue weighted by Gasteiger charge is -2.31. The fourth-order valence-corrected chi connectivity index (χ4v) is 4.52. The van der Waals surface area contributed by atoms with Crippen LogP contribution in [-0.4, -0.2) is 22.0 Å². The molecule has 3 nitrogen and oxygen atoms in total. The minimum atomic E-state index is -3.76. The van der Waals surface area contributed by atoms with E-state index in [1.54, 1.807) is 18.2 Å². The predicted molar refractivity (Wildman–Crippen MR) is 93.2 cm³/mol. The van der Waals surface area contributed by atoms with E-state index in [0.717, 1.165) is 29.8 Å². The molecule has 2 aromatic rings. The van der Waals surface area contributed by atoms with Crippen molar-refractivity contribution in [1.82, 2.24) is 0 Å². The van der Waals surface area contributed by atoms with Crippen LogP contribution in [0.15, 0.2) is 41.3 Å². The van der Waals surface area contributed by atoms with Gasteiger partial charge >= 0.3 is 0 Å². The summed E-state index contributed by atoms with van der Waals surface area (Å²) in [5.41, 5.74) is 3.01. The van der Waals surface area contributed by atoms with E-state index >= 15 is 0 Å². The molecule has 0 saturated heterocycles. The molecular formula is C16H15Cl3NO2S+. The van der Waals surface area contributed by atoms with Gasteiger partial charge in [0, 0.05) is 21.3 Å². The summed E-state index contributed by atoms with van der Waals surface area (Å²) in [6.45, 7) is 1.64. The summed E-state index contributed by atoms with van der Waals surface area (Å²) in [5.74, 6) is 0.0216. The van der Waals surface area contributed by atoms with Crippen molar-refractivity contribution < 1.29 is 13.3 Å². The van der Waals surface area contributed by atoms with Crippen LogP contribution in [0.3, 0.4) is 0 Å². The Bertz CT molecular complexity index is 868. The second-order valence-corrected chi connectivity index (χ2v) is 9.27. The third-order valence-electron chi connectivity index (χ3n) is 4.14. The quantitative estimate of drug-likeness (QED) is 0.799. The normalized spacial score (nSPS) is 21.0. The Morgan fingerprint density at radius 3 is 2.61 bits per heavy atom. The highest BCUT2D eigenvalue weighted by molar-refractivity contribution is 8.13. The van der Waals surface area contributed by atoms with E-state index in [1.165, 1.54) is 11.0 Å². The van der Waals surface area contributed by atoms with Crippen molar-refractivity contribution in [3.8, 4) is 0 Å². The molecule has 0 amide bonds. The number of hydrogen-bond donors (Lipinski definition) is 1. The van der Waals surface area contributed by atoms with Crippen molar-refractivity contribution in [1.29, 1.82) is 0 Å². The Morgan fingerprint density at radius 1 is 1.17 bits per heavy atom. The van der Waals surface area contributed by atoms with Gasteiger partial charge in [-0.15, -0.1) is 0 Å². The van der Waals surface area contributed by atoms with Gasteiger partial charge in [0.05, 0.1) is 29.4 Å². The monoisotopic (exact) mass is 390 g/mol. The third-order valence-corrected chi connectivity index (χ3v) is 6.05. The van der Waals surface area contributed by atoms with Crippen LogP contribution in [0.5, 0.6) is 0 Å². The van der Waals surface area contributed by atoms with Crippen LogP contribution in [0, 0.1) is 0 Å².